The summed E-state index contributed by atoms with van der Waals surface area (Å²) in [5.41, 5.74) is 6.46. The summed E-state index contributed by atoms with van der Waals surface area (Å²) in [6.45, 7) is 4.13. The summed E-state index contributed by atoms with van der Waals surface area (Å²) in [4.78, 5) is 12.1. The molecule has 0 aliphatic rings. The van der Waals surface area contributed by atoms with Crippen LogP contribution in [0.5, 0.6) is 0 Å². The van der Waals surface area contributed by atoms with Crippen LogP contribution < -0.4 is 5.43 Å². The van der Waals surface area contributed by atoms with E-state index in [1.54, 1.807) is 0 Å². The molecule has 0 saturated carbocycles. The minimum absolute atomic E-state index is 0.167. The van der Waals surface area contributed by atoms with Gasteiger partial charge in [-0.05, 0) is 43.0 Å². The van der Waals surface area contributed by atoms with Crippen molar-refractivity contribution in [1.82, 2.24) is 5.43 Å². The molecule has 0 unspecified atom stereocenters. The second kappa shape index (κ2) is 8.89. The van der Waals surface area contributed by atoms with Crippen LogP contribution in [-0.4, -0.2) is 11.6 Å². The van der Waals surface area contributed by atoms with Crippen LogP contribution in [-0.2, 0) is 0 Å². The van der Waals surface area contributed by atoms with Crippen molar-refractivity contribution < 1.29 is 4.79 Å². The van der Waals surface area contributed by atoms with E-state index in [1.165, 1.54) is 12.8 Å². The highest BCUT2D eigenvalue weighted by Gasteiger charge is 2.05. The van der Waals surface area contributed by atoms with Crippen LogP contribution in [0.25, 0.3) is 11.1 Å². The number of hydrogen-bond acceptors (Lipinski definition) is 2. The van der Waals surface area contributed by atoms with Gasteiger partial charge in [0, 0.05) is 11.3 Å². The molecule has 0 aliphatic carbocycles. The highest BCUT2D eigenvalue weighted by atomic mass is 16.2. The Hall–Kier alpha value is -2.42. The van der Waals surface area contributed by atoms with Crippen molar-refractivity contribution in [3.63, 3.8) is 0 Å². The van der Waals surface area contributed by atoms with Crippen molar-refractivity contribution in [2.24, 2.45) is 5.10 Å². The minimum atomic E-state index is -0.167. The molecule has 2 aromatic rings. The number of hydrazone groups is 1. The van der Waals surface area contributed by atoms with Crippen LogP contribution >= 0.6 is 0 Å². The maximum Gasteiger partial charge on any atom is 0.271 e. The van der Waals surface area contributed by atoms with E-state index in [9.17, 15) is 4.79 Å². The summed E-state index contributed by atoms with van der Waals surface area (Å²) in [5, 5.41) is 4.17. The highest BCUT2D eigenvalue weighted by Crippen LogP contribution is 2.19. The van der Waals surface area contributed by atoms with E-state index in [4.69, 9.17) is 0 Å². The van der Waals surface area contributed by atoms with E-state index >= 15 is 0 Å². The summed E-state index contributed by atoms with van der Waals surface area (Å²) < 4.78 is 0. The Morgan fingerprint density at radius 1 is 0.957 bits per heavy atom. The summed E-state index contributed by atoms with van der Waals surface area (Å²) in [7, 11) is 0. The monoisotopic (exact) mass is 308 g/mol. The average molecular weight is 308 g/mol. The molecule has 0 aromatic heterocycles. The topological polar surface area (TPSA) is 41.5 Å². The Kier molecular flexibility index (Phi) is 6.55. The number of hydrogen-bond donors (Lipinski definition) is 1. The van der Waals surface area contributed by atoms with Crippen molar-refractivity contribution in [2.45, 2.75) is 39.5 Å². The zero-order chi connectivity index (χ0) is 16.5. The lowest BCUT2D eigenvalue weighted by Gasteiger charge is -2.05. The number of carbonyl (C=O) groups is 1. The SMILES string of the molecule is CCCCC/C(C)=N/NC(=O)c1ccc(-c2ccccc2)cc1. The van der Waals surface area contributed by atoms with Crippen molar-refractivity contribution in [1.29, 1.82) is 0 Å². The third-order valence-electron chi connectivity index (χ3n) is 3.74. The quantitative estimate of drug-likeness (QED) is 0.434. The van der Waals surface area contributed by atoms with Crippen LogP contribution in [0.2, 0.25) is 0 Å². The van der Waals surface area contributed by atoms with Gasteiger partial charge in [-0.3, -0.25) is 4.79 Å². The number of rotatable bonds is 7. The second-order valence-corrected chi connectivity index (χ2v) is 5.69. The predicted octanol–water partition coefficient (Wildman–Crippen LogP) is 5.04. The fourth-order valence-corrected chi connectivity index (χ4v) is 2.34. The molecular formula is C20H24N2O. The fourth-order valence-electron chi connectivity index (χ4n) is 2.34. The van der Waals surface area contributed by atoms with E-state index < -0.39 is 0 Å². The molecule has 2 rings (SSSR count). The molecule has 0 saturated heterocycles. The first kappa shape index (κ1) is 16.9. The van der Waals surface area contributed by atoms with Crippen LogP contribution in [0.15, 0.2) is 59.7 Å². The molecule has 3 heteroatoms. The van der Waals surface area contributed by atoms with Crippen molar-refractivity contribution in [3.8, 4) is 11.1 Å². The first-order valence-electron chi connectivity index (χ1n) is 8.19. The van der Waals surface area contributed by atoms with Gasteiger partial charge in [0.2, 0.25) is 0 Å². The average Bonchev–Trinajstić information content (AvgIpc) is 2.61. The molecule has 0 fully saturated rings. The van der Waals surface area contributed by atoms with Crippen LogP contribution in [0.1, 0.15) is 49.9 Å². The lowest BCUT2D eigenvalue weighted by molar-refractivity contribution is 0.0954. The largest absolute Gasteiger partial charge is 0.271 e. The van der Waals surface area contributed by atoms with E-state index in [0.717, 1.165) is 29.7 Å². The molecule has 1 N–H and O–H groups in total. The van der Waals surface area contributed by atoms with Crippen LogP contribution in [0, 0.1) is 0 Å². The Labute approximate surface area is 138 Å². The molecule has 0 radical (unpaired) electrons. The summed E-state index contributed by atoms with van der Waals surface area (Å²) in [6, 6.07) is 17.7. The summed E-state index contributed by atoms with van der Waals surface area (Å²) in [6.07, 6.45) is 4.43. The molecular weight excluding hydrogens is 284 g/mol. The summed E-state index contributed by atoms with van der Waals surface area (Å²) >= 11 is 0. The van der Waals surface area contributed by atoms with Gasteiger partial charge < -0.3 is 0 Å². The van der Waals surface area contributed by atoms with E-state index in [0.29, 0.717) is 5.56 Å². The third kappa shape index (κ3) is 5.37. The normalized spacial score (nSPS) is 11.3. The van der Waals surface area contributed by atoms with Gasteiger partial charge in [0.05, 0.1) is 0 Å². The van der Waals surface area contributed by atoms with Crippen molar-refractivity contribution in [2.75, 3.05) is 0 Å². The van der Waals surface area contributed by atoms with Gasteiger partial charge in [-0.2, -0.15) is 5.10 Å². The fraction of sp³-hybridized carbons (Fsp3) is 0.300. The first-order valence-corrected chi connectivity index (χ1v) is 8.19. The van der Waals surface area contributed by atoms with E-state index in [-0.39, 0.29) is 5.91 Å². The van der Waals surface area contributed by atoms with Gasteiger partial charge in [-0.25, -0.2) is 5.43 Å². The van der Waals surface area contributed by atoms with Gasteiger partial charge in [-0.15, -0.1) is 0 Å². The maximum atomic E-state index is 12.1. The molecule has 120 valence electrons. The molecule has 0 spiro atoms. The lowest BCUT2D eigenvalue weighted by atomic mass is 10.0. The molecule has 2 aromatic carbocycles. The van der Waals surface area contributed by atoms with Crippen molar-refractivity contribution >= 4 is 11.6 Å². The smallest absolute Gasteiger partial charge is 0.267 e. The predicted molar refractivity (Wildman–Crippen MR) is 96.6 cm³/mol. The van der Waals surface area contributed by atoms with E-state index in [1.807, 2.05) is 49.4 Å². The zero-order valence-electron chi connectivity index (χ0n) is 13.9. The molecule has 1 amide bonds. The maximum absolute atomic E-state index is 12.1. The van der Waals surface area contributed by atoms with E-state index in [2.05, 4.69) is 29.6 Å². The van der Waals surface area contributed by atoms with Gasteiger partial charge >= 0.3 is 0 Å². The minimum Gasteiger partial charge on any atom is -0.267 e. The Balaban J connectivity index is 1.94. The summed E-state index contributed by atoms with van der Waals surface area (Å²) in [5.74, 6) is -0.167. The van der Waals surface area contributed by atoms with Gasteiger partial charge in [0.15, 0.2) is 0 Å². The van der Waals surface area contributed by atoms with Gasteiger partial charge in [0.1, 0.15) is 0 Å². The highest BCUT2D eigenvalue weighted by molar-refractivity contribution is 5.95. The Bertz CT molecular complexity index is 645. The Morgan fingerprint density at radius 3 is 2.26 bits per heavy atom. The van der Waals surface area contributed by atoms with Crippen LogP contribution in [0.4, 0.5) is 0 Å². The number of carbonyl (C=O) groups excluding carboxylic acids is 1. The second-order valence-electron chi connectivity index (χ2n) is 5.69. The zero-order valence-corrected chi connectivity index (χ0v) is 13.9. The third-order valence-corrected chi connectivity index (χ3v) is 3.74. The number of nitrogens with zero attached hydrogens (tertiary/aromatic N) is 1. The van der Waals surface area contributed by atoms with Crippen LogP contribution in [0.3, 0.4) is 0 Å². The number of benzene rings is 2. The number of amides is 1. The standard InChI is InChI=1S/C20H24N2O/c1-3-4-6-9-16(2)21-22-20(23)19-14-12-18(13-15-19)17-10-7-5-8-11-17/h5,7-8,10-15H,3-4,6,9H2,1-2H3,(H,22,23)/b21-16+. The van der Waals surface area contributed by atoms with Gasteiger partial charge in [0.25, 0.3) is 5.91 Å². The molecule has 0 bridgehead atoms. The molecule has 23 heavy (non-hydrogen) atoms. The molecule has 0 atom stereocenters. The number of nitrogens with one attached hydrogen (secondary N) is 1. The Morgan fingerprint density at radius 2 is 1.61 bits per heavy atom. The molecule has 0 aliphatic heterocycles. The van der Waals surface area contributed by atoms with Gasteiger partial charge in [-0.1, -0.05) is 62.2 Å². The van der Waals surface area contributed by atoms with Crippen molar-refractivity contribution in [3.05, 3.63) is 60.2 Å². The number of unbranched alkanes of at least 4 members (excludes halogenated alkanes) is 2. The molecule has 0 heterocycles. The lowest BCUT2D eigenvalue weighted by Crippen LogP contribution is -2.18. The molecule has 3 nitrogen and oxygen atoms in total. The first-order chi connectivity index (χ1) is 11.2.